The molecular weight excluding hydrogens is 435 g/mol. The summed E-state index contributed by atoms with van der Waals surface area (Å²) in [4.78, 5) is 4.17. The molecule has 8 heteroatoms. The predicted octanol–water partition coefficient (Wildman–Crippen LogP) is 3.47. The molecule has 1 atom stereocenters. The first-order chi connectivity index (χ1) is 10.7. The van der Waals surface area contributed by atoms with E-state index in [9.17, 15) is 8.78 Å². The van der Waals surface area contributed by atoms with Gasteiger partial charge in [-0.25, -0.2) is 0 Å². The van der Waals surface area contributed by atoms with Crippen molar-refractivity contribution >= 4 is 41.7 Å². The van der Waals surface area contributed by atoms with Crippen LogP contribution in [0.25, 0.3) is 0 Å². The topological polar surface area (TPSA) is 45.7 Å². The van der Waals surface area contributed by atoms with Crippen molar-refractivity contribution in [3.63, 3.8) is 0 Å². The van der Waals surface area contributed by atoms with Crippen LogP contribution in [0.5, 0.6) is 5.75 Å². The van der Waals surface area contributed by atoms with Gasteiger partial charge in [0, 0.05) is 25.4 Å². The van der Waals surface area contributed by atoms with Gasteiger partial charge in [-0.05, 0) is 36.3 Å². The zero-order chi connectivity index (χ0) is 15.8. The molecule has 1 aliphatic rings. The third-order valence-corrected chi connectivity index (χ3v) is 4.73. The molecule has 2 N–H and O–H groups in total. The van der Waals surface area contributed by atoms with Crippen LogP contribution >= 0.6 is 35.7 Å². The first kappa shape index (κ1) is 20.3. The van der Waals surface area contributed by atoms with E-state index in [-0.39, 0.29) is 29.7 Å². The third-order valence-electron chi connectivity index (χ3n) is 3.33. The lowest BCUT2D eigenvalue weighted by Gasteiger charge is -2.15. The van der Waals surface area contributed by atoms with Crippen molar-refractivity contribution in [3.05, 3.63) is 29.8 Å². The van der Waals surface area contributed by atoms with Gasteiger partial charge < -0.3 is 15.4 Å². The van der Waals surface area contributed by atoms with Gasteiger partial charge in [-0.1, -0.05) is 12.1 Å². The van der Waals surface area contributed by atoms with Crippen molar-refractivity contribution < 1.29 is 13.5 Å². The van der Waals surface area contributed by atoms with E-state index in [0.29, 0.717) is 17.8 Å². The van der Waals surface area contributed by atoms with E-state index in [1.165, 1.54) is 24.7 Å². The largest absolute Gasteiger partial charge is 0.435 e. The van der Waals surface area contributed by atoms with E-state index in [0.717, 1.165) is 12.1 Å². The highest BCUT2D eigenvalue weighted by Gasteiger charge is 2.15. The highest BCUT2D eigenvalue weighted by atomic mass is 127. The summed E-state index contributed by atoms with van der Waals surface area (Å²) < 4.78 is 28.8. The van der Waals surface area contributed by atoms with Crippen molar-refractivity contribution in [2.24, 2.45) is 4.99 Å². The fourth-order valence-electron chi connectivity index (χ4n) is 2.25. The Morgan fingerprint density at radius 1 is 1.43 bits per heavy atom. The molecule has 1 saturated heterocycles. The summed E-state index contributed by atoms with van der Waals surface area (Å²) in [6.45, 7) is -1.42. The molecule has 0 amide bonds. The number of alkyl halides is 2. The molecule has 0 aromatic heterocycles. The van der Waals surface area contributed by atoms with Crippen LogP contribution < -0.4 is 15.4 Å². The van der Waals surface area contributed by atoms with E-state index in [1.807, 2.05) is 17.8 Å². The van der Waals surface area contributed by atoms with E-state index in [4.69, 9.17) is 0 Å². The Labute approximate surface area is 156 Å². The molecule has 4 nitrogen and oxygen atoms in total. The van der Waals surface area contributed by atoms with Crippen LogP contribution in [0.15, 0.2) is 29.3 Å². The molecule has 0 radical (unpaired) electrons. The Kier molecular flexibility index (Phi) is 9.61. The summed E-state index contributed by atoms with van der Waals surface area (Å²) in [5.74, 6) is 2.11. The van der Waals surface area contributed by atoms with Gasteiger partial charge in [-0.2, -0.15) is 20.5 Å². The number of halogens is 3. The number of hydrogen-bond donors (Lipinski definition) is 2. The molecule has 0 spiro atoms. The van der Waals surface area contributed by atoms with Gasteiger partial charge in [0.2, 0.25) is 0 Å². The summed E-state index contributed by atoms with van der Waals surface area (Å²) in [5.41, 5.74) is 0.858. The van der Waals surface area contributed by atoms with Gasteiger partial charge >= 0.3 is 6.61 Å². The number of ether oxygens (including phenoxy) is 1. The molecule has 1 aromatic carbocycles. The molecule has 0 saturated carbocycles. The molecular formula is C15H22F2IN3OS. The molecule has 0 bridgehead atoms. The molecule has 23 heavy (non-hydrogen) atoms. The molecule has 0 aliphatic carbocycles. The number of nitrogens with zero attached hydrogens (tertiary/aromatic N) is 1. The zero-order valence-electron chi connectivity index (χ0n) is 12.9. The Bertz CT molecular complexity index is 499. The minimum absolute atomic E-state index is 0. The quantitative estimate of drug-likeness (QED) is 0.390. The molecule has 1 aliphatic heterocycles. The number of rotatable bonds is 6. The number of benzene rings is 1. The second kappa shape index (κ2) is 10.9. The number of guanidine groups is 1. The molecule has 1 unspecified atom stereocenters. The van der Waals surface area contributed by atoms with Crippen molar-refractivity contribution in [1.29, 1.82) is 0 Å². The fourth-order valence-corrected chi connectivity index (χ4v) is 3.46. The summed E-state index contributed by atoms with van der Waals surface area (Å²) in [6.07, 6.45) is 2.52. The summed E-state index contributed by atoms with van der Waals surface area (Å²) in [5, 5.41) is 7.11. The van der Waals surface area contributed by atoms with E-state index in [2.05, 4.69) is 20.4 Å². The molecule has 2 rings (SSSR count). The van der Waals surface area contributed by atoms with Crippen molar-refractivity contribution in [2.45, 2.75) is 31.2 Å². The van der Waals surface area contributed by atoms with Gasteiger partial charge in [0.15, 0.2) is 5.96 Å². The van der Waals surface area contributed by atoms with Crippen LogP contribution in [0.3, 0.4) is 0 Å². The number of aliphatic imine (C=N–C) groups is 1. The standard InChI is InChI=1S/C15H21F2N3OS.HI/c1-18-15(20-10-13-6-3-7-22-13)19-9-11-4-2-5-12(8-11)21-14(16)17;/h2,4-5,8,13-14H,3,6-7,9-10H2,1H3,(H2,18,19,20);1H. The highest BCUT2D eigenvalue weighted by Crippen LogP contribution is 2.25. The lowest BCUT2D eigenvalue weighted by atomic mass is 10.2. The van der Waals surface area contributed by atoms with E-state index < -0.39 is 6.61 Å². The summed E-state index contributed by atoms with van der Waals surface area (Å²) in [7, 11) is 1.72. The maximum atomic E-state index is 12.2. The Hall–Kier alpha value is -0.770. The van der Waals surface area contributed by atoms with Gasteiger partial charge in [0.1, 0.15) is 5.75 Å². The number of hydrogen-bond acceptors (Lipinski definition) is 3. The third kappa shape index (κ3) is 7.56. The van der Waals surface area contributed by atoms with Crippen LogP contribution in [0.4, 0.5) is 8.78 Å². The predicted molar refractivity (Wildman–Crippen MR) is 102 cm³/mol. The first-order valence-corrected chi connectivity index (χ1v) is 8.32. The summed E-state index contributed by atoms with van der Waals surface area (Å²) >= 11 is 1.98. The monoisotopic (exact) mass is 457 g/mol. The number of nitrogens with one attached hydrogen (secondary N) is 2. The molecule has 1 aromatic rings. The van der Waals surface area contributed by atoms with Gasteiger partial charge in [0.25, 0.3) is 0 Å². The first-order valence-electron chi connectivity index (χ1n) is 7.27. The minimum atomic E-state index is -2.80. The van der Waals surface area contributed by atoms with Gasteiger partial charge in [0.05, 0.1) is 0 Å². The smallest absolute Gasteiger partial charge is 0.387 e. The van der Waals surface area contributed by atoms with Crippen molar-refractivity contribution in [1.82, 2.24) is 10.6 Å². The minimum Gasteiger partial charge on any atom is -0.435 e. The van der Waals surface area contributed by atoms with E-state index in [1.54, 1.807) is 19.2 Å². The average Bonchev–Trinajstić information content (AvgIpc) is 3.00. The molecule has 1 fully saturated rings. The Morgan fingerprint density at radius 3 is 2.91 bits per heavy atom. The van der Waals surface area contributed by atoms with Gasteiger partial charge in [-0.15, -0.1) is 24.0 Å². The van der Waals surface area contributed by atoms with E-state index >= 15 is 0 Å². The zero-order valence-corrected chi connectivity index (χ0v) is 16.1. The van der Waals surface area contributed by atoms with Crippen LogP contribution in [0.1, 0.15) is 18.4 Å². The number of thioether (sulfide) groups is 1. The highest BCUT2D eigenvalue weighted by molar-refractivity contribution is 14.0. The lowest BCUT2D eigenvalue weighted by Crippen LogP contribution is -2.39. The van der Waals surface area contributed by atoms with Crippen LogP contribution in [-0.2, 0) is 6.54 Å². The molecule has 130 valence electrons. The fraction of sp³-hybridized carbons (Fsp3) is 0.533. The second-order valence-corrected chi connectivity index (χ2v) is 6.38. The molecule has 1 heterocycles. The second-order valence-electron chi connectivity index (χ2n) is 4.97. The van der Waals surface area contributed by atoms with Crippen molar-refractivity contribution in [3.8, 4) is 5.75 Å². The van der Waals surface area contributed by atoms with Crippen molar-refractivity contribution in [2.75, 3.05) is 19.3 Å². The van der Waals surface area contributed by atoms with Crippen LogP contribution in [0, 0.1) is 0 Å². The maximum absolute atomic E-state index is 12.2. The van der Waals surface area contributed by atoms with Crippen LogP contribution in [0.2, 0.25) is 0 Å². The van der Waals surface area contributed by atoms with Gasteiger partial charge in [-0.3, -0.25) is 4.99 Å². The maximum Gasteiger partial charge on any atom is 0.387 e. The van der Waals surface area contributed by atoms with Crippen LogP contribution in [-0.4, -0.2) is 37.2 Å². The Morgan fingerprint density at radius 2 is 2.26 bits per heavy atom. The average molecular weight is 457 g/mol. The summed E-state index contributed by atoms with van der Waals surface area (Å²) in [6, 6.07) is 6.66. The SMILES string of the molecule is CN=C(NCc1cccc(OC(F)F)c1)NCC1CCCS1.I. The Balaban J connectivity index is 0.00000264. The normalized spacial score (nSPS) is 17.7. The lowest BCUT2D eigenvalue weighted by molar-refractivity contribution is -0.0498.